The molecular weight excluding hydrogens is 254 g/mol. The van der Waals surface area contributed by atoms with Crippen LogP contribution in [0.15, 0.2) is 35.1 Å². The van der Waals surface area contributed by atoms with Crippen molar-refractivity contribution in [3.05, 3.63) is 40.8 Å². The standard InChI is InChI=1S/C11H13N5O.ClH/c1-12-15-10-13-9(16(2)11(17)14-10)8-6-4-3-5-7-8;/h3-7,12H,1-2H3,(H,14,15,17);1H. The molecule has 0 aliphatic heterocycles. The number of hydrazine groups is 1. The topological polar surface area (TPSA) is 71.8 Å². The summed E-state index contributed by atoms with van der Waals surface area (Å²) in [4.78, 5) is 19.7. The van der Waals surface area contributed by atoms with Crippen LogP contribution in [0, 0.1) is 0 Å². The molecule has 2 rings (SSSR count). The number of hydrogen-bond acceptors (Lipinski definition) is 5. The van der Waals surface area contributed by atoms with Crippen LogP contribution >= 0.6 is 12.4 Å². The normalized spacial score (nSPS) is 9.67. The fourth-order valence-electron chi connectivity index (χ4n) is 1.47. The first kappa shape index (κ1) is 14.1. The molecule has 96 valence electrons. The molecule has 0 saturated carbocycles. The number of nitrogens with one attached hydrogen (secondary N) is 2. The third-order valence-corrected chi connectivity index (χ3v) is 2.29. The Kier molecular flexibility index (Phi) is 4.82. The zero-order valence-corrected chi connectivity index (χ0v) is 10.9. The molecule has 18 heavy (non-hydrogen) atoms. The molecule has 1 heterocycles. The van der Waals surface area contributed by atoms with Crippen molar-refractivity contribution in [1.82, 2.24) is 20.0 Å². The number of halogens is 1. The first-order valence-electron chi connectivity index (χ1n) is 5.15. The molecule has 0 saturated heterocycles. The summed E-state index contributed by atoms with van der Waals surface area (Å²) in [6.45, 7) is 0. The first-order valence-corrected chi connectivity index (χ1v) is 5.15. The van der Waals surface area contributed by atoms with Crippen LogP contribution in [-0.4, -0.2) is 21.6 Å². The lowest BCUT2D eigenvalue weighted by molar-refractivity contribution is 0.775. The summed E-state index contributed by atoms with van der Waals surface area (Å²) in [5.41, 5.74) is 5.91. The number of hydrogen-bond donors (Lipinski definition) is 2. The Morgan fingerprint density at radius 3 is 2.44 bits per heavy atom. The van der Waals surface area contributed by atoms with E-state index < -0.39 is 0 Å². The van der Waals surface area contributed by atoms with E-state index in [-0.39, 0.29) is 24.0 Å². The minimum Gasteiger partial charge on any atom is -0.290 e. The van der Waals surface area contributed by atoms with E-state index in [9.17, 15) is 4.79 Å². The molecule has 0 atom stereocenters. The van der Waals surface area contributed by atoms with E-state index >= 15 is 0 Å². The van der Waals surface area contributed by atoms with Gasteiger partial charge in [0.15, 0.2) is 0 Å². The van der Waals surface area contributed by atoms with Crippen molar-refractivity contribution < 1.29 is 0 Å². The number of rotatable bonds is 3. The van der Waals surface area contributed by atoms with Gasteiger partial charge in [-0.1, -0.05) is 30.3 Å². The van der Waals surface area contributed by atoms with E-state index in [4.69, 9.17) is 0 Å². The smallest absolute Gasteiger partial charge is 0.290 e. The Bertz CT molecular complexity index is 569. The summed E-state index contributed by atoms with van der Waals surface area (Å²) >= 11 is 0. The SMILES string of the molecule is CNNc1nc(-c2ccccc2)n(C)c(=O)n1.Cl. The van der Waals surface area contributed by atoms with Gasteiger partial charge in [-0.2, -0.15) is 9.97 Å². The van der Waals surface area contributed by atoms with Gasteiger partial charge in [0.1, 0.15) is 5.82 Å². The molecule has 0 aliphatic carbocycles. The molecule has 1 aromatic carbocycles. The van der Waals surface area contributed by atoms with E-state index in [2.05, 4.69) is 20.8 Å². The second-order valence-electron chi connectivity index (χ2n) is 3.45. The second kappa shape index (κ2) is 6.13. The van der Waals surface area contributed by atoms with Crippen LogP contribution in [0.4, 0.5) is 5.95 Å². The van der Waals surface area contributed by atoms with E-state index in [1.54, 1.807) is 14.1 Å². The van der Waals surface area contributed by atoms with Crippen molar-refractivity contribution in [3.63, 3.8) is 0 Å². The molecule has 0 bridgehead atoms. The maximum absolute atomic E-state index is 11.7. The summed E-state index contributed by atoms with van der Waals surface area (Å²) in [6, 6.07) is 9.49. The highest BCUT2D eigenvalue weighted by Gasteiger charge is 2.08. The van der Waals surface area contributed by atoms with Crippen molar-refractivity contribution in [2.75, 3.05) is 12.5 Å². The third kappa shape index (κ3) is 2.85. The summed E-state index contributed by atoms with van der Waals surface area (Å²) in [5, 5.41) is 0. The molecule has 0 spiro atoms. The van der Waals surface area contributed by atoms with Crippen molar-refractivity contribution >= 4 is 18.4 Å². The van der Waals surface area contributed by atoms with Crippen molar-refractivity contribution in [2.24, 2.45) is 7.05 Å². The Morgan fingerprint density at radius 2 is 1.83 bits per heavy atom. The third-order valence-electron chi connectivity index (χ3n) is 2.29. The fraction of sp³-hybridized carbons (Fsp3) is 0.182. The van der Waals surface area contributed by atoms with Crippen molar-refractivity contribution in [1.29, 1.82) is 0 Å². The molecule has 0 aliphatic rings. The fourth-order valence-corrected chi connectivity index (χ4v) is 1.47. The van der Waals surface area contributed by atoms with Crippen LogP contribution in [0.3, 0.4) is 0 Å². The van der Waals surface area contributed by atoms with Gasteiger partial charge in [0, 0.05) is 19.7 Å². The van der Waals surface area contributed by atoms with Crippen LogP contribution in [0.25, 0.3) is 11.4 Å². The lowest BCUT2D eigenvalue weighted by Gasteiger charge is -2.08. The average Bonchev–Trinajstić information content (AvgIpc) is 2.35. The van der Waals surface area contributed by atoms with Crippen LogP contribution in [0.1, 0.15) is 0 Å². The van der Waals surface area contributed by atoms with Gasteiger partial charge in [0.25, 0.3) is 0 Å². The summed E-state index contributed by atoms with van der Waals surface area (Å²) in [7, 11) is 3.33. The van der Waals surface area contributed by atoms with Gasteiger partial charge >= 0.3 is 5.69 Å². The Morgan fingerprint density at radius 1 is 1.17 bits per heavy atom. The number of aromatic nitrogens is 3. The second-order valence-corrected chi connectivity index (χ2v) is 3.45. The highest BCUT2D eigenvalue weighted by Crippen LogP contribution is 2.14. The van der Waals surface area contributed by atoms with Crippen molar-refractivity contribution in [3.8, 4) is 11.4 Å². The molecular formula is C11H14ClN5O. The highest BCUT2D eigenvalue weighted by atomic mass is 35.5. The summed E-state index contributed by atoms with van der Waals surface area (Å²) in [5.74, 6) is 0.831. The molecule has 6 nitrogen and oxygen atoms in total. The van der Waals surface area contributed by atoms with Crippen LogP contribution < -0.4 is 16.5 Å². The largest absolute Gasteiger partial charge is 0.352 e. The van der Waals surface area contributed by atoms with Gasteiger partial charge in [-0.3, -0.25) is 9.99 Å². The number of anilines is 1. The molecule has 7 heteroatoms. The number of nitrogens with zero attached hydrogens (tertiary/aromatic N) is 3. The minimum absolute atomic E-state index is 0. The summed E-state index contributed by atoms with van der Waals surface area (Å²) < 4.78 is 1.41. The van der Waals surface area contributed by atoms with Gasteiger partial charge in [-0.25, -0.2) is 10.2 Å². The molecule has 2 aromatic rings. The molecule has 0 amide bonds. The Balaban J connectivity index is 0.00000162. The molecule has 2 N–H and O–H groups in total. The molecule has 0 radical (unpaired) electrons. The van der Waals surface area contributed by atoms with Gasteiger partial charge < -0.3 is 0 Å². The van der Waals surface area contributed by atoms with Gasteiger partial charge in [-0.15, -0.1) is 12.4 Å². The summed E-state index contributed by atoms with van der Waals surface area (Å²) in [6.07, 6.45) is 0. The zero-order chi connectivity index (χ0) is 12.3. The number of benzene rings is 1. The lowest BCUT2D eigenvalue weighted by atomic mass is 10.2. The molecule has 0 unspecified atom stereocenters. The quantitative estimate of drug-likeness (QED) is 0.806. The zero-order valence-electron chi connectivity index (χ0n) is 10.0. The van der Waals surface area contributed by atoms with E-state index in [1.807, 2.05) is 30.3 Å². The lowest BCUT2D eigenvalue weighted by Crippen LogP contribution is -2.27. The monoisotopic (exact) mass is 267 g/mol. The first-order chi connectivity index (χ1) is 8.22. The maximum Gasteiger partial charge on any atom is 0.352 e. The van der Waals surface area contributed by atoms with Gasteiger partial charge in [0.05, 0.1) is 0 Å². The predicted octanol–water partition coefficient (Wildman–Crippen LogP) is 0.810. The van der Waals surface area contributed by atoms with E-state index in [1.165, 1.54) is 4.57 Å². The van der Waals surface area contributed by atoms with Gasteiger partial charge in [-0.05, 0) is 0 Å². The molecule has 0 fully saturated rings. The van der Waals surface area contributed by atoms with Gasteiger partial charge in [0.2, 0.25) is 5.95 Å². The van der Waals surface area contributed by atoms with Crippen LogP contribution in [0.2, 0.25) is 0 Å². The van der Waals surface area contributed by atoms with E-state index in [0.717, 1.165) is 5.56 Å². The van der Waals surface area contributed by atoms with Crippen LogP contribution in [-0.2, 0) is 7.05 Å². The highest BCUT2D eigenvalue weighted by molar-refractivity contribution is 5.85. The van der Waals surface area contributed by atoms with Crippen molar-refractivity contribution in [2.45, 2.75) is 0 Å². The van der Waals surface area contributed by atoms with E-state index in [0.29, 0.717) is 5.82 Å². The maximum atomic E-state index is 11.7. The average molecular weight is 268 g/mol. The predicted molar refractivity (Wildman–Crippen MR) is 72.6 cm³/mol. The minimum atomic E-state index is -0.350. The van der Waals surface area contributed by atoms with Crippen LogP contribution in [0.5, 0.6) is 0 Å². The molecule has 1 aromatic heterocycles. The Labute approximate surface area is 110 Å². The Hall–Kier alpha value is -1.92.